The Morgan fingerprint density at radius 2 is 1.88 bits per heavy atom. The van der Waals surface area contributed by atoms with Gasteiger partial charge >= 0.3 is 0 Å². The molecular formula is C10H23N3O2S. The van der Waals surface area contributed by atoms with Crippen molar-refractivity contribution in [2.75, 3.05) is 13.6 Å². The van der Waals surface area contributed by atoms with Crippen molar-refractivity contribution in [2.45, 2.75) is 45.2 Å². The van der Waals surface area contributed by atoms with Gasteiger partial charge in [-0.05, 0) is 39.5 Å². The number of hydrogen-bond donors (Lipinski definition) is 2. The maximum absolute atomic E-state index is 11.9. The van der Waals surface area contributed by atoms with E-state index in [1.165, 1.54) is 4.31 Å². The third kappa shape index (κ3) is 4.01. The Hall–Kier alpha value is -0.170. The van der Waals surface area contributed by atoms with Gasteiger partial charge < -0.3 is 5.73 Å². The number of nitrogens with one attached hydrogen (secondary N) is 1. The third-order valence-electron chi connectivity index (χ3n) is 2.63. The number of nitrogens with two attached hydrogens (primary N) is 1. The first-order chi connectivity index (χ1) is 7.10. The molecule has 96 valence electrons. The van der Waals surface area contributed by atoms with Crippen LogP contribution in [-0.4, -0.2) is 37.9 Å². The van der Waals surface area contributed by atoms with Gasteiger partial charge in [0.2, 0.25) is 0 Å². The zero-order valence-corrected chi connectivity index (χ0v) is 11.3. The fourth-order valence-corrected chi connectivity index (χ4v) is 3.20. The van der Waals surface area contributed by atoms with Gasteiger partial charge in [0.25, 0.3) is 10.2 Å². The summed E-state index contributed by atoms with van der Waals surface area (Å²) < 4.78 is 27.8. The molecule has 0 saturated heterocycles. The molecule has 0 aromatic carbocycles. The van der Waals surface area contributed by atoms with E-state index in [-0.39, 0.29) is 6.04 Å². The SMILES string of the molecule is CN(CC1CC(N)C1)S(=O)(=O)NC(C)(C)C. The second-order valence-corrected chi connectivity index (χ2v) is 7.51. The molecule has 0 bridgehead atoms. The quantitative estimate of drug-likeness (QED) is 0.752. The molecule has 1 aliphatic carbocycles. The molecule has 0 aliphatic heterocycles. The van der Waals surface area contributed by atoms with E-state index in [0.717, 1.165) is 12.8 Å². The Morgan fingerprint density at radius 1 is 1.38 bits per heavy atom. The molecule has 16 heavy (non-hydrogen) atoms. The van der Waals surface area contributed by atoms with Crippen LogP contribution in [0.4, 0.5) is 0 Å². The Morgan fingerprint density at radius 3 is 2.25 bits per heavy atom. The van der Waals surface area contributed by atoms with Crippen molar-refractivity contribution in [3.8, 4) is 0 Å². The van der Waals surface area contributed by atoms with Crippen molar-refractivity contribution in [1.29, 1.82) is 0 Å². The third-order valence-corrected chi connectivity index (χ3v) is 4.47. The van der Waals surface area contributed by atoms with Crippen LogP contribution >= 0.6 is 0 Å². The van der Waals surface area contributed by atoms with Crippen molar-refractivity contribution in [3.63, 3.8) is 0 Å². The average molecular weight is 249 g/mol. The van der Waals surface area contributed by atoms with E-state index in [1.54, 1.807) is 7.05 Å². The van der Waals surface area contributed by atoms with Gasteiger partial charge in [0.15, 0.2) is 0 Å². The van der Waals surface area contributed by atoms with E-state index in [2.05, 4.69) is 4.72 Å². The predicted octanol–water partition coefficient (Wildman–Crippen LogP) is 0.288. The van der Waals surface area contributed by atoms with Crippen LogP contribution in [0.5, 0.6) is 0 Å². The number of nitrogens with zero attached hydrogens (tertiary/aromatic N) is 1. The average Bonchev–Trinajstić information content (AvgIpc) is 1.96. The van der Waals surface area contributed by atoms with Crippen LogP contribution in [0.25, 0.3) is 0 Å². The lowest BCUT2D eigenvalue weighted by atomic mass is 9.81. The fraction of sp³-hybridized carbons (Fsp3) is 1.00. The minimum Gasteiger partial charge on any atom is -0.328 e. The van der Waals surface area contributed by atoms with Crippen LogP contribution < -0.4 is 10.5 Å². The molecule has 0 aromatic heterocycles. The van der Waals surface area contributed by atoms with Gasteiger partial charge in [-0.2, -0.15) is 17.4 Å². The zero-order valence-electron chi connectivity index (χ0n) is 10.5. The number of rotatable bonds is 4. The van der Waals surface area contributed by atoms with Gasteiger partial charge in [-0.25, -0.2) is 0 Å². The van der Waals surface area contributed by atoms with E-state index < -0.39 is 15.7 Å². The van der Waals surface area contributed by atoms with Crippen molar-refractivity contribution < 1.29 is 8.42 Å². The summed E-state index contributed by atoms with van der Waals surface area (Å²) in [5, 5.41) is 0. The topological polar surface area (TPSA) is 75.4 Å². The normalized spacial score (nSPS) is 26.9. The molecule has 0 amide bonds. The van der Waals surface area contributed by atoms with Crippen molar-refractivity contribution in [2.24, 2.45) is 11.7 Å². The lowest BCUT2D eigenvalue weighted by molar-refractivity contribution is 0.225. The molecule has 0 radical (unpaired) electrons. The molecule has 0 aromatic rings. The molecule has 1 saturated carbocycles. The Bertz CT molecular complexity index is 328. The highest BCUT2D eigenvalue weighted by atomic mass is 32.2. The highest BCUT2D eigenvalue weighted by Gasteiger charge is 2.31. The van der Waals surface area contributed by atoms with Crippen LogP contribution in [0, 0.1) is 5.92 Å². The Kier molecular flexibility index (Phi) is 3.99. The molecule has 3 N–H and O–H groups in total. The molecule has 0 unspecified atom stereocenters. The second kappa shape index (κ2) is 4.60. The summed E-state index contributed by atoms with van der Waals surface area (Å²) in [4.78, 5) is 0. The van der Waals surface area contributed by atoms with Gasteiger partial charge in [-0.15, -0.1) is 0 Å². The summed E-state index contributed by atoms with van der Waals surface area (Å²) in [5.41, 5.74) is 5.23. The lowest BCUT2D eigenvalue weighted by Gasteiger charge is -2.35. The van der Waals surface area contributed by atoms with E-state index in [1.807, 2.05) is 20.8 Å². The van der Waals surface area contributed by atoms with Crippen molar-refractivity contribution in [3.05, 3.63) is 0 Å². The molecule has 1 fully saturated rings. The van der Waals surface area contributed by atoms with Gasteiger partial charge in [0, 0.05) is 25.2 Å². The summed E-state index contributed by atoms with van der Waals surface area (Å²) in [5.74, 6) is 0.413. The van der Waals surface area contributed by atoms with E-state index in [0.29, 0.717) is 12.5 Å². The van der Waals surface area contributed by atoms with Crippen molar-refractivity contribution >= 4 is 10.2 Å². The first-order valence-corrected chi connectivity index (χ1v) is 7.05. The van der Waals surface area contributed by atoms with Crippen molar-refractivity contribution in [1.82, 2.24) is 9.03 Å². The monoisotopic (exact) mass is 249 g/mol. The number of hydrogen-bond acceptors (Lipinski definition) is 3. The lowest BCUT2D eigenvalue weighted by Crippen LogP contribution is -2.50. The highest BCUT2D eigenvalue weighted by Crippen LogP contribution is 2.26. The Balaban J connectivity index is 2.49. The predicted molar refractivity (Wildman–Crippen MR) is 65.1 cm³/mol. The van der Waals surface area contributed by atoms with Gasteiger partial charge in [-0.3, -0.25) is 0 Å². The summed E-state index contributed by atoms with van der Waals surface area (Å²) in [6, 6.07) is 0.261. The standard InChI is InChI=1S/C10H23N3O2S/c1-10(2,3)12-16(14,15)13(4)7-8-5-9(11)6-8/h8-9,12H,5-7,11H2,1-4H3. The molecular weight excluding hydrogens is 226 g/mol. The summed E-state index contributed by atoms with van der Waals surface area (Å²) in [6.45, 7) is 6.05. The molecule has 1 rings (SSSR count). The van der Waals surface area contributed by atoms with Crippen LogP contribution in [0.1, 0.15) is 33.6 Å². The smallest absolute Gasteiger partial charge is 0.279 e. The molecule has 0 spiro atoms. The molecule has 0 atom stereocenters. The maximum Gasteiger partial charge on any atom is 0.279 e. The van der Waals surface area contributed by atoms with Crippen LogP contribution in [0.15, 0.2) is 0 Å². The fourth-order valence-electron chi connectivity index (χ4n) is 1.86. The first kappa shape index (κ1) is 13.9. The van der Waals surface area contributed by atoms with Gasteiger partial charge in [0.05, 0.1) is 0 Å². The van der Waals surface area contributed by atoms with E-state index in [9.17, 15) is 8.42 Å². The molecule has 0 heterocycles. The summed E-state index contributed by atoms with van der Waals surface area (Å²) in [7, 11) is -1.76. The van der Waals surface area contributed by atoms with Crippen LogP contribution in [-0.2, 0) is 10.2 Å². The molecule has 6 heteroatoms. The summed E-state index contributed by atoms with van der Waals surface area (Å²) in [6.07, 6.45) is 1.85. The molecule has 5 nitrogen and oxygen atoms in total. The minimum absolute atomic E-state index is 0.261. The highest BCUT2D eigenvalue weighted by molar-refractivity contribution is 7.87. The van der Waals surface area contributed by atoms with Crippen LogP contribution in [0.2, 0.25) is 0 Å². The minimum atomic E-state index is -3.36. The zero-order chi connectivity index (χ0) is 12.6. The second-order valence-electron chi connectivity index (χ2n) is 5.74. The van der Waals surface area contributed by atoms with E-state index >= 15 is 0 Å². The van der Waals surface area contributed by atoms with Gasteiger partial charge in [0.1, 0.15) is 0 Å². The Labute approximate surface area is 98.6 Å². The van der Waals surface area contributed by atoms with Gasteiger partial charge in [-0.1, -0.05) is 0 Å². The van der Waals surface area contributed by atoms with E-state index in [4.69, 9.17) is 5.73 Å². The maximum atomic E-state index is 11.9. The van der Waals surface area contributed by atoms with Crippen LogP contribution in [0.3, 0.4) is 0 Å². The largest absolute Gasteiger partial charge is 0.328 e. The molecule has 1 aliphatic rings. The first-order valence-electron chi connectivity index (χ1n) is 5.61. The summed E-state index contributed by atoms with van der Waals surface area (Å²) >= 11 is 0.